The maximum Gasteiger partial charge on any atom is 0.344 e. The van der Waals surface area contributed by atoms with Crippen LogP contribution in [0.25, 0.3) is 0 Å². The molecule has 1 fully saturated rings. The van der Waals surface area contributed by atoms with Crippen molar-refractivity contribution < 1.29 is 18.8 Å². The first-order valence-electron chi connectivity index (χ1n) is 11.1. The molecule has 4 rings (SSSR count). The van der Waals surface area contributed by atoms with Gasteiger partial charge in [0.2, 0.25) is 0 Å². The summed E-state index contributed by atoms with van der Waals surface area (Å²) < 4.78 is 23.3. The van der Waals surface area contributed by atoms with Gasteiger partial charge in [-0.3, -0.25) is 9.80 Å². The van der Waals surface area contributed by atoms with E-state index in [1.165, 1.54) is 23.2 Å². The minimum atomic E-state index is -1.39. The van der Waals surface area contributed by atoms with Crippen LogP contribution in [0, 0.1) is 5.92 Å². The van der Waals surface area contributed by atoms with Crippen molar-refractivity contribution in [1.29, 1.82) is 0 Å². The van der Waals surface area contributed by atoms with E-state index in [4.69, 9.17) is 44.1 Å². The number of ether oxygens (including phenoxy) is 2. The van der Waals surface area contributed by atoms with Crippen LogP contribution in [0.15, 0.2) is 17.4 Å². The number of anilines is 2. The van der Waals surface area contributed by atoms with Gasteiger partial charge in [0.1, 0.15) is 33.6 Å². The van der Waals surface area contributed by atoms with Crippen LogP contribution in [0.1, 0.15) is 24.8 Å². The molecule has 4 unspecified atom stereocenters. The highest BCUT2D eigenvalue weighted by Gasteiger charge is 2.36. The summed E-state index contributed by atoms with van der Waals surface area (Å²) in [5, 5.41) is 0.478. The van der Waals surface area contributed by atoms with Crippen LogP contribution in [0.4, 0.5) is 16.3 Å². The molecule has 0 bridgehead atoms. The zero-order valence-corrected chi connectivity index (χ0v) is 22.0. The van der Waals surface area contributed by atoms with Crippen molar-refractivity contribution in [3.8, 4) is 11.5 Å². The Morgan fingerprint density at radius 1 is 1.26 bits per heavy atom. The third kappa shape index (κ3) is 4.98. The summed E-state index contributed by atoms with van der Waals surface area (Å²) in [6, 6.07) is 0.928. The predicted octanol–water partition coefficient (Wildman–Crippen LogP) is 2.94. The van der Waals surface area contributed by atoms with Crippen molar-refractivity contribution in [2.75, 3.05) is 36.8 Å². The van der Waals surface area contributed by atoms with Crippen molar-refractivity contribution in [3.63, 3.8) is 0 Å². The van der Waals surface area contributed by atoms with Crippen molar-refractivity contribution in [3.05, 3.63) is 27.9 Å². The molecular formula is C22H28Cl2N6O4S. The van der Waals surface area contributed by atoms with Gasteiger partial charge in [0.25, 0.3) is 0 Å². The molecule has 1 saturated carbocycles. The fourth-order valence-corrected chi connectivity index (χ4v) is 5.51. The molecule has 10 nitrogen and oxygen atoms in total. The van der Waals surface area contributed by atoms with Crippen LogP contribution in [0.5, 0.6) is 11.5 Å². The fourth-order valence-electron chi connectivity index (χ4n) is 4.41. The summed E-state index contributed by atoms with van der Waals surface area (Å²) in [5.41, 5.74) is 13.3. The van der Waals surface area contributed by atoms with Crippen LogP contribution in [0.3, 0.4) is 0 Å². The second-order valence-corrected chi connectivity index (χ2v) is 10.7. The lowest BCUT2D eigenvalue weighted by Gasteiger charge is -2.35. The number of hydrogen-bond acceptors (Lipinski definition) is 8. The first-order valence-corrected chi connectivity index (χ1v) is 13.4. The lowest BCUT2D eigenvalue weighted by atomic mass is 9.82. The van der Waals surface area contributed by atoms with Gasteiger partial charge in [-0.2, -0.15) is 9.97 Å². The Bertz CT molecular complexity index is 1120. The number of halogens is 2. The lowest BCUT2D eigenvalue weighted by molar-refractivity contribution is 0.174. The maximum absolute atomic E-state index is 13.4. The third-order valence-electron chi connectivity index (χ3n) is 6.45. The van der Waals surface area contributed by atoms with Gasteiger partial charge in [0.15, 0.2) is 0 Å². The molecule has 0 saturated heterocycles. The van der Waals surface area contributed by atoms with Crippen molar-refractivity contribution in [2.45, 2.75) is 43.0 Å². The van der Waals surface area contributed by atoms with Gasteiger partial charge >= 0.3 is 11.2 Å². The highest BCUT2D eigenvalue weighted by atomic mass is 35.5. The number of hydrogen-bond donors (Lipinski definition) is 2. The first kappa shape index (κ1) is 26.1. The number of aromatic nitrogens is 2. The molecule has 1 aromatic carbocycles. The van der Waals surface area contributed by atoms with Gasteiger partial charge in [0, 0.05) is 54.1 Å². The second kappa shape index (κ2) is 10.5. The van der Waals surface area contributed by atoms with Gasteiger partial charge in [-0.1, -0.05) is 29.6 Å². The lowest BCUT2D eigenvalue weighted by Crippen LogP contribution is -2.50. The molecule has 1 aliphatic heterocycles. The van der Waals surface area contributed by atoms with E-state index in [1.54, 1.807) is 19.3 Å². The van der Waals surface area contributed by atoms with E-state index < -0.39 is 17.2 Å². The zero-order valence-electron chi connectivity index (χ0n) is 19.7. The molecule has 0 radical (unpaired) electrons. The first-order chi connectivity index (χ1) is 16.6. The molecule has 190 valence electrons. The number of nitrogens with two attached hydrogens (primary N) is 2. The van der Waals surface area contributed by atoms with Gasteiger partial charge < -0.3 is 25.5 Å². The molecule has 2 amide bonds. The summed E-state index contributed by atoms with van der Waals surface area (Å²) in [6.45, 7) is 0.420. The molecular weight excluding hydrogens is 515 g/mol. The normalized spacial score (nSPS) is 23.2. The molecule has 2 aromatic rings. The molecule has 0 spiro atoms. The Kier molecular flexibility index (Phi) is 7.84. The van der Waals surface area contributed by atoms with Gasteiger partial charge in [-0.25, -0.2) is 4.79 Å². The molecule has 1 aromatic heterocycles. The second-order valence-electron chi connectivity index (χ2n) is 8.68. The summed E-state index contributed by atoms with van der Waals surface area (Å²) in [4.78, 5) is 24.6. The van der Waals surface area contributed by atoms with Crippen molar-refractivity contribution >= 4 is 51.9 Å². The Balaban J connectivity index is 1.68. The molecule has 2 aliphatic rings. The van der Waals surface area contributed by atoms with E-state index in [0.717, 1.165) is 19.3 Å². The highest BCUT2D eigenvalue weighted by Crippen LogP contribution is 2.48. The smallest absolute Gasteiger partial charge is 0.344 e. The molecule has 4 N–H and O–H groups in total. The Morgan fingerprint density at radius 3 is 2.66 bits per heavy atom. The van der Waals surface area contributed by atoms with E-state index in [0.29, 0.717) is 29.5 Å². The van der Waals surface area contributed by atoms with Gasteiger partial charge in [-0.05, 0) is 12.8 Å². The summed E-state index contributed by atoms with van der Waals surface area (Å²) in [7, 11) is 3.04. The van der Waals surface area contributed by atoms with Gasteiger partial charge in [0.05, 0.1) is 25.9 Å². The average molecular weight is 543 g/mol. The van der Waals surface area contributed by atoms with Crippen LogP contribution in [-0.4, -0.2) is 59.7 Å². The number of fused-ring (bicyclic) bond motifs is 1. The van der Waals surface area contributed by atoms with Gasteiger partial charge in [-0.15, -0.1) is 0 Å². The number of benzene rings is 1. The zero-order chi connectivity index (χ0) is 25.4. The van der Waals surface area contributed by atoms with E-state index >= 15 is 0 Å². The predicted molar refractivity (Wildman–Crippen MR) is 136 cm³/mol. The molecule has 1 aliphatic carbocycles. The fraction of sp³-hybridized carbons (Fsp3) is 0.500. The van der Waals surface area contributed by atoms with E-state index in [2.05, 4.69) is 9.97 Å². The highest BCUT2D eigenvalue weighted by molar-refractivity contribution is 7.90. The maximum atomic E-state index is 13.4. The SMILES string of the molecule is COc1cc(OCC2CCCC(N)C2N)c(Cl)c(N2Cc3cnc([S+](C)[O-])nc3N(C)C2=O)c1Cl. The van der Waals surface area contributed by atoms with Crippen LogP contribution in [-0.2, 0) is 17.7 Å². The monoisotopic (exact) mass is 542 g/mol. The minimum absolute atomic E-state index is 0.0717. The number of carbonyl (C=O) groups excluding carboxylic acids is 1. The van der Waals surface area contributed by atoms with E-state index in [1.807, 2.05) is 0 Å². The molecule has 13 heteroatoms. The molecule has 4 atom stereocenters. The Hall–Kier alpha value is -2.02. The Labute approximate surface area is 217 Å². The quantitative estimate of drug-likeness (QED) is 0.418. The number of nitrogens with zero attached hydrogens (tertiary/aromatic N) is 4. The summed E-state index contributed by atoms with van der Waals surface area (Å²) >= 11 is 12.0. The van der Waals surface area contributed by atoms with Crippen LogP contribution in [0.2, 0.25) is 10.0 Å². The molecule has 2 heterocycles. The molecule has 35 heavy (non-hydrogen) atoms. The van der Waals surface area contributed by atoms with E-state index in [-0.39, 0.29) is 45.4 Å². The minimum Gasteiger partial charge on any atom is -0.609 e. The number of methoxy groups -OCH3 is 1. The van der Waals surface area contributed by atoms with Crippen molar-refractivity contribution in [1.82, 2.24) is 9.97 Å². The number of urea groups is 1. The number of rotatable bonds is 6. The summed E-state index contributed by atoms with van der Waals surface area (Å²) in [6.07, 6.45) is 5.80. The van der Waals surface area contributed by atoms with E-state index in [9.17, 15) is 9.35 Å². The average Bonchev–Trinajstić information content (AvgIpc) is 2.83. The van der Waals surface area contributed by atoms with Crippen LogP contribution >= 0.6 is 23.2 Å². The topological polar surface area (TPSA) is 143 Å². The van der Waals surface area contributed by atoms with Crippen LogP contribution < -0.4 is 30.7 Å². The number of carbonyl (C=O) groups is 1. The standard InChI is InChI=1S/C22H28Cl2N6O4S/c1-29-20-12(8-27-21(28-20)35(3)32)9-30(22(29)31)19-16(23)14(33-2)7-15(17(19)24)34-10-11-5-4-6-13(25)18(11)26/h7-8,11,13,18H,4-6,9-10,25-26H2,1-3H3. The summed E-state index contributed by atoms with van der Waals surface area (Å²) in [5.74, 6) is 1.08. The third-order valence-corrected chi connectivity index (χ3v) is 7.89. The largest absolute Gasteiger partial charge is 0.609 e. The Morgan fingerprint density at radius 2 is 1.97 bits per heavy atom. The van der Waals surface area contributed by atoms with Crippen molar-refractivity contribution in [2.24, 2.45) is 17.4 Å². The number of amides is 2.